The Labute approximate surface area is 159 Å². The minimum atomic E-state index is -0.888. The van der Waals surface area contributed by atoms with Gasteiger partial charge in [-0.05, 0) is 37.3 Å². The standard InChI is InChI=1S/C18H12F2N2OS3/c1-9-2-5-14(26-9)11-7-25-18-16(11)17(23)21-15(22-18)8-24-10-3-4-12(19)13(20)6-10/h2-7H,8H2,1H3,(H,21,22,23). The second-order valence-electron chi connectivity index (χ2n) is 5.62. The van der Waals surface area contributed by atoms with E-state index in [1.165, 1.54) is 34.0 Å². The molecule has 3 aromatic heterocycles. The van der Waals surface area contributed by atoms with Crippen LogP contribution in [0.2, 0.25) is 0 Å². The summed E-state index contributed by atoms with van der Waals surface area (Å²) in [4.78, 5) is 23.4. The van der Waals surface area contributed by atoms with E-state index >= 15 is 0 Å². The monoisotopic (exact) mass is 406 g/mol. The number of aromatic amines is 1. The van der Waals surface area contributed by atoms with E-state index in [2.05, 4.69) is 9.97 Å². The normalized spacial score (nSPS) is 11.3. The lowest BCUT2D eigenvalue weighted by Crippen LogP contribution is -2.10. The molecule has 1 aromatic carbocycles. The molecule has 4 aromatic rings. The Morgan fingerprint density at radius 1 is 1.19 bits per heavy atom. The van der Waals surface area contributed by atoms with Crippen LogP contribution >= 0.6 is 34.4 Å². The Bertz CT molecular complexity index is 1160. The van der Waals surface area contributed by atoms with E-state index in [-0.39, 0.29) is 5.56 Å². The Kier molecular flexibility index (Phi) is 4.64. The van der Waals surface area contributed by atoms with E-state index < -0.39 is 11.6 Å². The number of halogens is 2. The molecule has 0 saturated carbocycles. The van der Waals surface area contributed by atoms with Crippen LogP contribution in [0.5, 0.6) is 0 Å². The minimum Gasteiger partial charge on any atom is -0.309 e. The van der Waals surface area contributed by atoms with Gasteiger partial charge in [-0.2, -0.15) is 0 Å². The number of aromatic nitrogens is 2. The summed E-state index contributed by atoms with van der Waals surface area (Å²) in [6, 6.07) is 7.76. The fourth-order valence-electron chi connectivity index (χ4n) is 2.54. The van der Waals surface area contributed by atoms with Gasteiger partial charge in [0.15, 0.2) is 11.6 Å². The summed E-state index contributed by atoms with van der Waals surface area (Å²) in [6.07, 6.45) is 0. The van der Waals surface area contributed by atoms with Crippen molar-refractivity contribution in [1.29, 1.82) is 0 Å². The number of benzene rings is 1. The Hall–Kier alpha value is -2.03. The van der Waals surface area contributed by atoms with Gasteiger partial charge in [-0.3, -0.25) is 4.79 Å². The molecule has 0 amide bonds. The number of nitrogens with zero attached hydrogens (tertiary/aromatic N) is 1. The number of rotatable bonds is 4. The summed E-state index contributed by atoms with van der Waals surface area (Å²) in [5, 5.41) is 2.54. The maximum absolute atomic E-state index is 13.3. The maximum Gasteiger partial charge on any atom is 0.260 e. The molecule has 0 radical (unpaired) electrons. The second-order valence-corrected chi connectivity index (χ2v) is 8.81. The fraction of sp³-hybridized carbons (Fsp3) is 0.111. The van der Waals surface area contributed by atoms with Crippen LogP contribution in [-0.4, -0.2) is 9.97 Å². The SMILES string of the molecule is Cc1ccc(-c2csc3nc(CSc4ccc(F)c(F)c4)[nH]c(=O)c23)s1. The third-order valence-electron chi connectivity index (χ3n) is 3.77. The molecule has 132 valence electrons. The zero-order valence-electron chi connectivity index (χ0n) is 13.5. The average molecular weight is 407 g/mol. The van der Waals surface area contributed by atoms with Crippen molar-refractivity contribution in [1.82, 2.24) is 9.97 Å². The topological polar surface area (TPSA) is 45.8 Å². The molecular weight excluding hydrogens is 394 g/mol. The van der Waals surface area contributed by atoms with Crippen molar-refractivity contribution >= 4 is 44.7 Å². The number of fused-ring (bicyclic) bond motifs is 1. The van der Waals surface area contributed by atoms with Crippen LogP contribution < -0.4 is 5.56 Å². The van der Waals surface area contributed by atoms with Crippen LogP contribution in [0.4, 0.5) is 8.78 Å². The number of thiophene rings is 2. The molecule has 0 aliphatic carbocycles. The number of thioether (sulfide) groups is 1. The molecule has 3 heterocycles. The first-order valence-corrected chi connectivity index (χ1v) is 10.3. The van der Waals surface area contributed by atoms with Gasteiger partial charge in [0, 0.05) is 25.6 Å². The number of hydrogen-bond donors (Lipinski definition) is 1. The Balaban J connectivity index is 1.63. The van der Waals surface area contributed by atoms with E-state index in [0.717, 1.165) is 22.6 Å². The molecule has 0 aliphatic heterocycles. The first kappa shape index (κ1) is 17.4. The lowest BCUT2D eigenvalue weighted by atomic mass is 10.2. The fourth-order valence-corrected chi connectivity index (χ4v) is 5.25. The molecule has 0 aliphatic rings. The van der Waals surface area contributed by atoms with Gasteiger partial charge in [-0.25, -0.2) is 13.8 Å². The smallest absolute Gasteiger partial charge is 0.260 e. The van der Waals surface area contributed by atoms with Crippen molar-refractivity contribution in [2.45, 2.75) is 17.6 Å². The van der Waals surface area contributed by atoms with Gasteiger partial charge in [0.05, 0.1) is 11.1 Å². The highest BCUT2D eigenvalue weighted by Gasteiger charge is 2.14. The summed E-state index contributed by atoms with van der Waals surface area (Å²) in [6.45, 7) is 2.03. The van der Waals surface area contributed by atoms with E-state index in [1.807, 2.05) is 24.4 Å². The molecule has 0 saturated heterocycles. The number of nitrogens with one attached hydrogen (secondary N) is 1. The molecular formula is C18H12F2N2OS3. The molecule has 0 spiro atoms. The number of aryl methyl sites for hydroxylation is 1. The highest BCUT2D eigenvalue weighted by molar-refractivity contribution is 7.98. The van der Waals surface area contributed by atoms with Gasteiger partial charge in [0.1, 0.15) is 10.7 Å². The van der Waals surface area contributed by atoms with E-state index in [0.29, 0.717) is 26.7 Å². The molecule has 26 heavy (non-hydrogen) atoms. The van der Waals surface area contributed by atoms with Gasteiger partial charge >= 0.3 is 0 Å². The molecule has 0 unspecified atom stereocenters. The second kappa shape index (κ2) is 6.94. The lowest BCUT2D eigenvalue weighted by molar-refractivity contribution is 0.506. The molecule has 1 N–H and O–H groups in total. The van der Waals surface area contributed by atoms with Crippen molar-refractivity contribution in [2.24, 2.45) is 0 Å². The first-order chi connectivity index (χ1) is 12.5. The summed E-state index contributed by atoms with van der Waals surface area (Å²) in [7, 11) is 0. The molecule has 0 atom stereocenters. The predicted molar refractivity (Wildman–Crippen MR) is 104 cm³/mol. The van der Waals surface area contributed by atoms with E-state index in [1.54, 1.807) is 11.3 Å². The van der Waals surface area contributed by atoms with Crippen molar-refractivity contribution in [3.8, 4) is 10.4 Å². The zero-order valence-corrected chi connectivity index (χ0v) is 16.0. The van der Waals surface area contributed by atoms with Crippen LogP contribution in [0.1, 0.15) is 10.7 Å². The van der Waals surface area contributed by atoms with Gasteiger partial charge in [0.25, 0.3) is 5.56 Å². The van der Waals surface area contributed by atoms with Crippen molar-refractivity contribution in [2.75, 3.05) is 0 Å². The highest BCUT2D eigenvalue weighted by Crippen LogP contribution is 2.35. The van der Waals surface area contributed by atoms with Crippen molar-refractivity contribution in [3.63, 3.8) is 0 Å². The van der Waals surface area contributed by atoms with E-state index in [9.17, 15) is 13.6 Å². The van der Waals surface area contributed by atoms with Crippen LogP contribution in [0, 0.1) is 18.6 Å². The third kappa shape index (κ3) is 3.32. The molecule has 0 bridgehead atoms. The number of H-pyrrole nitrogens is 1. The van der Waals surface area contributed by atoms with Crippen LogP contribution in [0.15, 0.2) is 45.4 Å². The van der Waals surface area contributed by atoms with Gasteiger partial charge in [-0.1, -0.05) is 0 Å². The first-order valence-electron chi connectivity index (χ1n) is 7.66. The molecule has 4 rings (SSSR count). The van der Waals surface area contributed by atoms with E-state index in [4.69, 9.17) is 0 Å². The summed E-state index contributed by atoms with van der Waals surface area (Å²) in [5.74, 6) is -0.895. The van der Waals surface area contributed by atoms with Gasteiger partial charge in [-0.15, -0.1) is 34.4 Å². The van der Waals surface area contributed by atoms with Crippen LogP contribution in [-0.2, 0) is 5.75 Å². The summed E-state index contributed by atoms with van der Waals surface area (Å²) >= 11 is 4.36. The average Bonchev–Trinajstić information content (AvgIpc) is 3.22. The Morgan fingerprint density at radius 3 is 2.77 bits per heavy atom. The zero-order chi connectivity index (χ0) is 18.3. The lowest BCUT2D eigenvalue weighted by Gasteiger charge is -2.03. The highest BCUT2D eigenvalue weighted by atomic mass is 32.2. The summed E-state index contributed by atoms with van der Waals surface area (Å²) in [5.41, 5.74) is 0.717. The number of hydrogen-bond acceptors (Lipinski definition) is 5. The Morgan fingerprint density at radius 2 is 2.04 bits per heavy atom. The van der Waals surface area contributed by atoms with Crippen LogP contribution in [0.3, 0.4) is 0 Å². The van der Waals surface area contributed by atoms with Gasteiger partial charge < -0.3 is 4.98 Å². The summed E-state index contributed by atoms with van der Waals surface area (Å²) < 4.78 is 26.3. The third-order valence-corrected chi connectivity index (χ3v) is 6.68. The predicted octanol–water partition coefficient (Wildman–Crippen LogP) is 5.59. The molecule has 3 nitrogen and oxygen atoms in total. The molecule has 0 fully saturated rings. The van der Waals surface area contributed by atoms with Crippen LogP contribution in [0.25, 0.3) is 20.7 Å². The quantitative estimate of drug-likeness (QED) is 0.449. The maximum atomic E-state index is 13.3. The van der Waals surface area contributed by atoms with Crippen molar-refractivity contribution in [3.05, 3.63) is 68.4 Å². The van der Waals surface area contributed by atoms with Crippen molar-refractivity contribution < 1.29 is 8.78 Å². The largest absolute Gasteiger partial charge is 0.309 e. The van der Waals surface area contributed by atoms with Gasteiger partial charge in [0.2, 0.25) is 0 Å². The molecule has 8 heteroatoms. The minimum absolute atomic E-state index is 0.182.